The van der Waals surface area contributed by atoms with Gasteiger partial charge < -0.3 is 24.6 Å². The lowest BCUT2D eigenvalue weighted by Gasteiger charge is -2.36. The molecule has 1 N–H and O–H groups in total. The summed E-state index contributed by atoms with van der Waals surface area (Å²) in [7, 11) is 1.62. The topological polar surface area (TPSA) is 84.0 Å². The number of carbonyl (C=O) groups excluding carboxylic acids is 2. The van der Waals surface area contributed by atoms with Crippen molar-refractivity contribution in [2.24, 2.45) is 5.92 Å². The van der Waals surface area contributed by atoms with E-state index in [1.54, 1.807) is 13.3 Å². The number of hydrogen-bond acceptors (Lipinski definition) is 6. The van der Waals surface area contributed by atoms with Crippen molar-refractivity contribution in [2.45, 2.75) is 58.3 Å². The van der Waals surface area contributed by atoms with Crippen molar-refractivity contribution >= 4 is 23.3 Å². The molecule has 0 saturated carbocycles. The van der Waals surface area contributed by atoms with E-state index in [-0.39, 0.29) is 36.5 Å². The van der Waals surface area contributed by atoms with Gasteiger partial charge in [0.15, 0.2) is 0 Å². The Kier molecular flexibility index (Phi) is 7.90. The van der Waals surface area contributed by atoms with Crippen LogP contribution in [0.1, 0.15) is 51.6 Å². The maximum absolute atomic E-state index is 13.4. The maximum Gasteiger partial charge on any atom is 0.230 e. The second-order valence-electron chi connectivity index (χ2n) is 9.53. The number of carbonyl (C=O) groups is 2. The van der Waals surface area contributed by atoms with Gasteiger partial charge in [-0.2, -0.15) is 0 Å². The quantitative estimate of drug-likeness (QED) is 0.614. The van der Waals surface area contributed by atoms with Crippen molar-refractivity contribution in [3.05, 3.63) is 48.2 Å². The van der Waals surface area contributed by atoms with E-state index in [0.717, 1.165) is 43.1 Å². The average Bonchev–Trinajstić information content (AvgIpc) is 3.18. The van der Waals surface area contributed by atoms with Gasteiger partial charge in [-0.1, -0.05) is 25.5 Å². The normalized spacial score (nSPS) is 24.5. The molecule has 2 aliphatic heterocycles. The molecule has 8 heteroatoms. The third-order valence-electron chi connectivity index (χ3n) is 6.74. The monoisotopic (exact) mass is 480 g/mol. The molecule has 3 heterocycles. The molecule has 2 aliphatic rings. The fourth-order valence-corrected chi connectivity index (χ4v) is 5.08. The van der Waals surface area contributed by atoms with E-state index < -0.39 is 5.92 Å². The Balaban J connectivity index is 1.49. The van der Waals surface area contributed by atoms with Crippen LogP contribution >= 0.6 is 0 Å². The predicted octanol–water partition coefficient (Wildman–Crippen LogP) is 4.03. The lowest BCUT2D eigenvalue weighted by Crippen LogP contribution is -2.45. The lowest BCUT2D eigenvalue weighted by atomic mass is 9.92. The predicted molar refractivity (Wildman–Crippen MR) is 136 cm³/mol. The molecule has 2 saturated heterocycles. The SMILES string of the molecule is CCCCN1C(=O)CC(C(=O)Nc2ccc(N3CC(C)OC(C)C3)nc2)C1c1ccc(OC)cc1. The van der Waals surface area contributed by atoms with Crippen LogP contribution in [0.4, 0.5) is 11.5 Å². The highest BCUT2D eigenvalue weighted by molar-refractivity contribution is 5.98. The number of ether oxygens (including phenoxy) is 2. The van der Waals surface area contributed by atoms with E-state index in [9.17, 15) is 9.59 Å². The average molecular weight is 481 g/mol. The highest BCUT2D eigenvalue weighted by Crippen LogP contribution is 2.39. The molecule has 0 spiro atoms. The lowest BCUT2D eigenvalue weighted by molar-refractivity contribution is -0.129. The number of methoxy groups -OCH3 is 1. The smallest absolute Gasteiger partial charge is 0.230 e. The minimum Gasteiger partial charge on any atom is -0.497 e. The molecule has 0 bridgehead atoms. The van der Waals surface area contributed by atoms with E-state index in [0.29, 0.717) is 12.2 Å². The number of pyridine rings is 1. The molecule has 0 radical (unpaired) electrons. The van der Waals surface area contributed by atoms with Crippen molar-refractivity contribution in [3.63, 3.8) is 0 Å². The number of anilines is 2. The molecule has 188 valence electrons. The summed E-state index contributed by atoms with van der Waals surface area (Å²) in [6.45, 7) is 8.42. The van der Waals surface area contributed by atoms with E-state index >= 15 is 0 Å². The number of amides is 2. The van der Waals surface area contributed by atoms with Gasteiger partial charge in [-0.3, -0.25) is 9.59 Å². The van der Waals surface area contributed by atoms with Crippen LogP contribution in [0.5, 0.6) is 5.75 Å². The summed E-state index contributed by atoms with van der Waals surface area (Å²) in [6.07, 6.45) is 4.05. The van der Waals surface area contributed by atoms with Gasteiger partial charge in [0.2, 0.25) is 11.8 Å². The standard InChI is InChI=1S/C27H36N4O4/c1-5-6-13-31-25(32)14-23(26(31)20-7-10-22(34-4)11-8-20)27(33)29-21-9-12-24(28-15-21)30-16-18(2)35-19(3)17-30/h7-12,15,18-19,23,26H,5-6,13-14,16-17H2,1-4H3,(H,29,33). The van der Waals surface area contributed by atoms with Gasteiger partial charge in [-0.25, -0.2) is 4.98 Å². The summed E-state index contributed by atoms with van der Waals surface area (Å²) in [4.78, 5) is 35.0. The van der Waals surface area contributed by atoms with E-state index in [4.69, 9.17) is 9.47 Å². The van der Waals surface area contributed by atoms with Crippen LogP contribution in [-0.4, -0.2) is 60.7 Å². The number of nitrogens with one attached hydrogen (secondary N) is 1. The molecule has 2 fully saturated rings. The van der Waals surface area contributed by atoms with Crippen molar-refractivity contribution in [3.8, 4) is 5.75 Å². The van der Waals surface area contributed by atoms with E-state index in [1.165, 1.54) is 0 Å². The molecule has 1 aromatic heterocycles. The zero-order chi connectivity index (χ0) is 24.9. The summed E-state index contributed by atoms with van der Waals surface area (Å²) in [5, 5.41) is 3.00. The number of morpholine rings is 1. The van der Waals surface area contributed by atoms with Gasteiger partial charge in [0.1, 0.15) is 11.6 Å². The Labute approximate surface area is 207 Å². The van der Waals surface area contributed by atoms with Crippen LogP contribution in [0.25, 0.3) is 0 Å². The summed E-state index contributed by atoms with van der Waals surface area (Å²) < 4.78 is 11.1. The van der Waals surface area contributed by atoms with Crippen molar-refractivity contribution in [1.82, 2.24) is 9.88 Å². The minimum atomic E-state index is -0.478. The van der Waals surface area contributed by atoms with Crippen LogP contribution < -0.4 is 15.0 Å². The first-order valence-corrected chi connectivity index (χ1v) is 12.5. The Bertz CT molecular complexity index is 1000. The summed E-state index contributed by atoms with van der Waals surface area (Å²) in [6, 6.07) is 11.1. The number of hydrogen-bond donors (Lipinski definition) is 1. The van der Waals surface area contributed by atoms with E-state index in [2.05, 4.69) is 36.0 Å². The molecule has 0 aliphatic carbocycles. The van der Waals surface area contributed by atoms with Crippen LogP contribution in [-0.2, 0) is 14.3 Å². The largest absolute Gasteiger partial charge is 0.497 e. The van der Waals surface area contributed by atoms with Gasteiger partial charge in [-0.15, -0.1) is 0 Å². The fourth-order valence-electron chi connectivity index (χ4n) is 5.08. The molecule has 4 unspecified atom stereocenters. The molecule has 4 atom stereocenters. The number of benzene rings is 1. The summed E-state index contributed by atoms with van der Waals surface area (Å²) >= 11 is 0. The minimum absolute atomic E-state index is 0.0171. The number of likely N-dealkylation sites (tertiary alicyclic amines) is 1. The Morgan fingerprint density at radius 2 is 1.86 bits per heavy atom. The Hall–Kier alpha value is -3.13. The molecule has 8 nitrogen and oxygen atoms in total. The van der Waals surface area contributed by atoms with Crippen LogP contribution in [0.3, 0.4) is 0 Å². The molecule has 2 aromatic rings. The van der Waals surface area contributed by atoms with Crippen molar-refractivity contribution in [1.29, 1.82) is 0 Å². The van der Waals surface area contributed by atoms with Crippen molar-refractivity contribution < 1.29 is 19.1 Å². The third kappa shape index (κ3) is 5.75. The van der Waals surface area contributed by atoms with Gasteiger partial charge >= 0.3 is 0 Å². The fraction of sp³-hybridized carbons (Fsp3) is 0.519. The molecule has 4 rings (SSSR count). The molecule has 1 aromatic carbocycles. The Morgan fingerprint density at radius 1 is 1.14 bits per heavy atom. The first-order chi connectivity index (χ1) is 16.9. The zero-order valence-corrected chi connectivity index (χ0v) is 21.1. The van der Waals surface area contributed by atoms with E-state index in [1.807, 2.05) is 41.3 Å². The van der Waals surface area contributed by atoms with Gasteiger partial charge in [0, 0.05) is 26.1 Å². The zero-order valence-electron chi connectivity index (χ0n) is 21.1. The number of unbranched alkanes of at least 4 members (excludes halogenated alkanes) is 1. The summed E-state index contributed by atoms with van der Waals surface area (Å²) in [5.74, 6) is 0.982. The van der Waals surface area contributed by atoms with Gasteiger partial charge in [0.25, 0.3) is 0 Å². The molecule has 35 heavy (non-hydrogen) atoms. The second kappa shape index (κ2) is 11.1. The highest BCUT2D eigenvalue weighted by Gasteiger charge is 2.44. The number of aromatic nitrogens is 1. The summed E-state index contributed by atoms with van der Waals surface area (Å²) in [5.41, 5.74) is 1.57. The number of rotatable bonds is 8. The van der Waals surface area contributed by atoms with Gasteiger partial charge in [-0.05, 0) is 50.1 Å². The molecular weight excluding hydrogens is 444 g/mol. The van der Waals surface area contributed by atoms with Crippen molar-refractivity contribution in [2.75, 3.05) is 37.0 Å². The van der Waals surface area contributed by atoms with Crippen LogP contribution in [0, 0.1) is 5.92 Å². The third-order valence-corrected chi connectivity index (χ3v) is 6.74. The first kappa shape index (κ1) is 25.0. The first-order valence-electron chi connectivity index (χ1n) is 12.5. The molecular formula is C27H36N4O4. The highest BCUT2D eigenvalue weighted by atomic mass is 16.5. The van der Waals surface area contributed by atoms with Crippen LogP contribution in [0.15, 0.2) is 42.6 Å². The van der Waals surface area contributed by atoms with Crippen LogP contribution in [0.2, 0.25) is 0 Å². The van der Waals surface area contributed by atoms with Gasteiger partial charge in [0.05, 0.1) is 43.2 Å². The number of nitrogens with zero attached hydrogens (tertiary/aromatic N) is 3. The second-order valence-corrected chi connectivity index (χ2v) is 9.53. The molecule has 2 amide bonds. The maximum atomic E-state index is 13.4. The Morgan fingerprint density at radius 3 is 2.46 bits per heavy atom.